The van der Waals surface area contributed by atoms with Crippen LogP contribution < -0.4 is 15.8 Å². The van der Waals surface area contributed by atoms with Crippen molar-refractivity contribution in [2.45, 2.75) is 24.0 Å². The largest absolute Gasteiger partial charge is 0.482 e. The van der Waals surface area contributed by atoms with Gasteiger partial charge in [0.1, 0.15) is 11.4 Å². The highest BCUT2D eigenvalue weighted by Gasteiger charge is 2.57. The molecule has 3 N–H and O–H groups in total. The molecule has 6 heteroatoms. The number of aliphatic imine (C=N–C) groups is 1. The fourth-order valence-electron chi connectivity index (χ4n) is 4.50. The van der Waals surface area contributed by atoms with Gasteiger partial charge in [-0.3, -0.25) is 10.1 Å². The molecule has 2 heterocycles. The molecule has 0 saturated heterocycles. The van der Waals surface area contributed by atoms with E-state index in [0.29, 0.717) is 18.6 Å². The summed E-state index contributed by atoms with van der Waals surface area (Å²) in [7, 11) is 0. The highest BCUT2D eigenvalue weighted by Crippen LogP contribution is 2.52. The summed E-state index contributed by atoms with van der Waals surface area (Å²) < 4.78 is 7.58. The zero-order valence-corrected chi connectivity index (χ0v) is 17.7. The van der Waals surface area contributed by atoms with Crippen molar-refractivity contribution >= 4 is 27.8 Å². The van der Waals surface area contributed by atoms with Crippen LogP contribution in [0.15, 0.2) is 88.3 Å². The molecule has 150 valence electrons. The Morgan fingerprint density at radius 3 is 2.40 bits per heavy atom. The maximum absolute atomic E-state index is 13.2. The SMILES string of the molecule is NC1=NC2(C[C@](Cc3ccccc3)(c3ccccc3)Oc3ccc(Br)cc32)C(=O)N1. The summed E-state index contributed by atoms with van der Waals surface area (Å²) in [4.78, 5) is 17.9. The Balaban J connectivity index is 1.74. The zero-order chi connectivity index (χ0) is 20.8. The van der Waals surface area contributed by atoms with Crippen molar-refractivity contribution in [2.24, 2.45) is 10.7 Å². The molecule has 30 heavy (non-hydrogen) atoms. The molecule has 3 aromatic carbocycles. The smallest absolute Gasteiger partial charge is 0.259 e. The average molecular weight is 462 g/mol. The lowest BCUT2D eigenvalue weighted by molar-refractivity contribution is -0.128. The van der Waals surface area contributed by atoms with Crippen LogP contribution >= 0.6 is 15.9 Å². The molecule has 5 rings (SSSR count). The molecule has 0 radical (unpaired) electrons. The Labute approximate surface area is 183 Å². The van der Waals surface area contributed by atoms with Crippen molar-refractivity contribution < 1.29 is 9.53 Å². The van der Waals surface area contributed by atoms with E-state index < -0.39 is 11.1 Å². The first-order valence-corrected chi connectivity index (χ1v) is 10.6. The number of halogens is 1. The number of hydrogen-bond acceptors (Lipinski definition) is 4. The van der Waals surface area contributed by atoms with Gasteiger partial charge in [0.05, 0.1) is 0 Å². The Bertz CT molecular complexity index is 1150. The maximum atomic E-state index is 13.2. The van der Waals surface area contributed by atoms with Gasteiger partial charge in [-0.25, -0.2) is 4.99 Å². The third kappa shape index (κ3) is 2.99. The first-order valence-electron chi connectivity index (χ1n) is 9.76. The quantitative estimate of drug-likeness (QED) is 0.618. The molecule has 5 nitrogen and oxygen atoms in total. The van der Waals surface area contributed by atoms with Gasteiger partial charge >= 0.3 is 0 Å². The predicted octanol–water partition coefficient (Wildman–Crippen LogP) is 4.01. The summed E-state index contributed by atoms with van der Waals surface area (Å²) in [5.41, 5.74) is 6.87. The fraction of sp³-hybridized carbons (Fsp3) is 0.167. The van der Waals surface area contributed by atoms with E-state index in [2.05, 4.69) is 38.4 Å². The summed E-state index contributed by atoms with van der Waals surface area (Å²) in [6, 6.07) is 25.9. The molecule has 2 atom stereocenters. The van der Waals surface area contributed by atoms with Crippen LogP contribution in [0.2, 0.25) is 0 Å². The van der Waals surface area contributed by atoms with Crippen LogP contribution in [-0.2, 0) is 22.4 Å². The lowest BCUT2D eigenvalue weighted by atomic mass is 9.71. The number of hydrogen-bond donors (Lipinski definition) is 2. The van der Waals surface area contributed by atoms with Crippen molar-refractivity contribution in [3.8, 4) is 5.75 Å². The van der Waals surface area contributed by atoms with E-state index in [1.165, 1.54) is 0 Å². The molecule has 0 aliphatic carbocycles. The molecule has 2 aliphatic heterocycles. The standard InChI is InChI=1S/C24H20BrN3O2/c25-18-11-12-20-19(13-18)24(21(29)27-22(26)28-24)15-23(30-20,17-9-5-2-6-10-17)14-16-7-3-1-4-8-16/h1-13H,14-15H2,(H3,26,27,28,29)/t23-,24?/m1/s1. The zero-order valence-electron chi connectivity index (χ0n) is 16.1. The van der Waals surface area contributed by atoms with Gasteiger partial charge in [-0.15, -0.1) is 0 Å². The predicted molar refractivity (Wildman–Crippen MR) is 119 cm³/mol. The third-order valence-corrected chi connectivity index (χ3v) is 6.29. The highest BCUT2D eigenvalue weighted by molar-refractivity contribution is 9.10. The Morgan fingerprint density at radius 1 is 1.03 bits per heavy atom. The Hall–Kier alpha value is -3.12. The number of ether oxygens (including phenoxy) is 1. The Morgan fingerprint density at radius 2 is 1.73 bits per heavy atom. The van der Waals surface area contributed by atoms with Gasteiger partial charge in [0, 0.05) is 22.9 Å². The molecule has 0 bridgehead atoms. The molecule has 2 aliphatic rings. The highest BCUT2D eigenvalue weighted by atomic mass is 79.9. The number of benzene rings is 3. The minimum Gasteiger partial charge on any atom is -0.482 e. The van der Waals surface area contributed by atoms with Gasteiger partial charge in [0.25, 0.3) is 5.91 Å². The van der Waals surface area contributed by atoms with E-state index in [1.807, 2.05) is 66.7 Å². The first-order chi connectivity index (χ1) is 14.5. The molecular weight excluding hydrogens is 442 g/mol. The normalized spacial score (nSPS) is 24.7. The van der Waals surface area contributed by atoms with E-state index in [1.54, 1.807) is 0 Å². The number of rotatable bonds is 3. The lowest BCUT2D eigenvalue weighted by Gasteiger charge is -2.45. The summed E-state index contributed by atoms with van der Waals surface area (Å²) in [5.74, 6) is 0.545. The average Bonchev–Trinajstić information content (AvgIpc) is 3.03. The van der Waals surface area contributed by atoms with Gasteiger partial charge < -0.3 is 10.5 Å². The summed E-state index contributed by atoms with van der Waals surface area (Å²) in [6.07, 6.45) is 0.937. The number of fused-ring (bicyclic) bond motifs is 2. The molecule has 1 spiro atoms. The van der Waals surface area contributed by atoms with E-state index in [0.717, 1.165) is 21.2 Å². The fourth-order valence-corrected chi connectivity index (χ4v) is 4.87. The molecule has 1 amide bonds. The molecule has 0 saturated carbocycles. The van der Waals surface area contributed by atoms with Gasteiger partial charge in [0.15, 0.2) is 11.5 Å². The van der Waals surface area contributed by atoms with Gasteiger partial charge in [-0.2, -0.15) is 0 Å². The number of nitrogens with two attached hydrogens (primary N) is 1. The number of nitrogens with one attached hydrogen (secondary N) is 1. The van der Waals surface area contributed by atoms with E-state index in [4.69, 9.17) is 10.5 Å². The second-order valence-electron chi connectivity index (χ2n) is 7.75. The van der Waals surface area contributed by atoms with Crippen molar-refractivity contribution in [3.05, 3.63) is 100 Å². The minimum atomic E-state index is -1.15. The van der Waals surface area contributed by atoms with Gasteiger partial charge in [-0.05, 0) is 29.3 Å². The molecule has 1 unspecified atom stereocenters. The van der Waals surface area contributed by atoms with Crippen LogP contribution in [0.1, 0.15) is 23.1 Å². The van der Waals surface area contributed by atoms with E-state index in [9.17, 15) is 4.79 Å². The first kappa shape index (κ1) is 18.9. The molecule has 3 aromatic rings. The number of carbonyl (C=O) groups excluding carboxylic acids is 1. The minimum absolute atomic E-state index is 0.134. The second kappa shape index (κ2) is 6.99. The van der Waals surface area contributed by atoms with Crippen molar-refractivity contribution in [3.63, 3.8) is 0 Å². The lowest BCUT2D eigenvalue weighted by Crippen LogP contribution is -2.51. The Kier molecular flexibility index (Phi) is 4.40. The van der Waals surface area contributed by atoms with Crippen LogP contribution in [0, 0.1) is 0 Å². The van der Waals surface area contributed by atoms with Crippen LogP contribution in [0.4, 0.5) is 0 Å². The number of nitrogens with zero attached hydrogens (tertiary/aromatic N) is 1. The molecule has 0 fully saturated rings. The van der Waals surface area contributed by atoms with Crippen LogP contribution in [0.3, 0.4) is 0 Å². The van der Waals surface area contributed by atoms with Gasteiger partial charge in [-0.1, -0.05) is 76.6 Å². The van der Waals surface area contributed by atoms with E-state index >= 15 is 0 Å². The van der Waals surface area contributed by atoms with Gasteiger partial charge in [0.2, 0.25) is 0 Å². The van der Waals surface area contributed by atoms with Crippen LogP contribution in [0.5, 0.6) is 5.75 Å². The van der Waals surface area contributed by atoms with Crippen molar-refractivity contribution in [1.82, 2.24) is 5.32 Å². The maximum Gasteiger partial charge on any atom is 0.259 e. The summed E-state index contributed by atoms with van der Waals surface area (Å²) in [6.45, 7) is 0. The van der Waals surface area contributed by atoms with Crippen molar-refractivity contribution in [2.75, 3.05) is 0 Å². The molecule has 0 aromatic heterocycles. The van der Waals surface area contributed by atoms with Crippen molar-refractivity contribution in [1.29, 1.82) is 0 Å². The number of guanidine groups is 1. The topological polar surface area (TPSA) is 76.7 Å². The second-order valence-corrected chi connectivity index (χ2v) is 8.67. The number of amides is 1. The summed E-state index contributed by atoms with van der Waals surface area (Å²) >= 11 is 3.52. The molecular formula is C24H20BrN3O2. The van der Waals surface area contributed by atoms with Crippen LogP contribution in [0.25, 0.3) is 0 Å². The monoisotopic (exact) mass is 461 g/mol. The van der Waals surface area contributed by atoms with E-state index in [-0.39, 0.29) is 11.9 Å². The summed E-state index contributed by atoms with van der Waals surface area (Å²) in [5, 5.41) is 2.71. The van der Waals surface area contributed by atoms with Crippen LogP contribution in [-0.4, -0.2) is 11.9 Å². The third-order valence-electron chi connectivity index (χ3n) is 5.79. The number of carbonyl (C=O) groups is 1.